The van der Waals surface area contributed by atoms with Gasteiger partial charge >= 0.3 is 0 Å². The van der Waals surface area contributed by atoms with Gasteiger partial charge in [0.1, 0.15) is 0 Å². The summed E-state index contributed by atoms with van der Waals surface area (Å²) in [7, 11) is 0.0200. The minimum Gasteiger partial charge on any atom is -0.493 e. The molecule has 0 saturated carbocycles. The quantitative estimate of drug-likeness (QED) is 0.308. The maximum absolute atomic E-state index is 11.5. The number of methoxy groups -OCH3 is 2. The fourth-order valence-corrected chi connectivity index (χ4v) is 3.16. The fourth-order valence-electron chi connectivity index (χ4n) is 2.53. The van der Waals surface area contributed by atoms with E-state index in [1.807, 2.05) is 25.1 Å². The summed E-state index contributed by atoms with van der Waals surface area (Å²) in [5, 5.41) is 6.45. The number of nitrogens with one attached hydrogen (secondary N) is 2. The normalized spacial score (nSPS) is 11.4. The summed E-state index contributed by atoms with van der Waals surface area (Å²) >= 11 is 0. The van der Waals surface area contributed by atoms with E-state index >= 15 is 0 Å². The highest BCUT2D eigenvalue weighted by Gasteiger charge is 2.07. The Labute approximate surface area is 189 Å². The minimum absolute atomic E-state index is 0. The highest BCUT2D eigenvalue weighted by atomic mass is 127. The van der Waals surface area contributed by atoms with Gasteiger partial charge in [-0.15, -0.1) is 24.0 Å². The van der Waals surface area contributed by atoms with Crippen LogP contribution in [-0.4, -0.2) is 41.4 Å². The van der Waals surface area contributed by atoms with Gasteiger partial charge in [-0.25, -0.2) is 13.4 Å². The lowest BCUT2D eigenvalue weighted by Gasteiger charge is -2.12. The molecular weight excluding hydrogens is 505 g/mol. The summed E-state index contributed by atoms with van der Waals surface area (Å²) in [5.74, 6) is 2.02. The summed E-state index contributed by atoms with van der Waals surface area (Å²) in [6, 6.07) is 12.5. The first-order valence-corrected chi connectivity index (χ1v) is 10.8. The molecule has 160 valence electrons. The van der Waals surface area contributed by atoms with Crippen molar-refractivity contribution < 1.29 is 17.9 Å². The van der Waals surface area contributed by atoms with Crippen molar-refractivity contribution in [1.29, 1.82) is 0 Å². The smallest absolute Gasteiger partial charge is 0.191 e. The van der Waals surface area contributed by atoms with Crippen LogP contribution in [0.5, 0.6) is 11.5 Å². The van der Waals surface area contributed by atoms with E-state index in [9.17, 15) is 8.42 Å². The number of nitrogens with zero attached hydrogens (tertiary/aromatic N) is 1. The highest BCUT2D eigenvalue weighted by Crippen LogP contribution is 2.27. The number of sulfone groups is 1. The second kappa shape index (κ2) is 11.9. The molecule has 0 saturated heterocycles. The number of hydrogen-bond acceptors (Lipinski definition) is 5. The Hall–Kier alpha value is -2.01. The van der Waals surface area contributed by atoms with Crippen LogP contribution >= 0.6 is 24.0 Å². The van der Waals surface area contributed by atoms with E-state index in [0.717, 1.165) is 17.7 Å². The van der Waals surface area contributed by atoms with Gasteiger partial charge in [0.05, 0.1) is 25.7 Å². The lowest BCUT2D eigenvalue weighted by Crippen LogP contribution is -2.36. The van der Waals surface area contributed by atoms with Crippen molar-refractivity contribution in [2.45, 2.75) is 24.9 Å². The predicted octanol–water partition coefficient (Wildman–Crippen LogP) is 2.98. The molecule has 0 unspecified atom stereocenters. The lowest BCUT2D eigenvalue weighted by molar-refractivity contribution is 0.354. The molecule has 0 aliphatic rings. The summed E-state index contributed by atoms with van der Waals surface area (Å²) in [6.45, 7) is 3.73. The molecular formula is C20H28IN3O4S. The molecule has 2 rings (SSSR count). The maximum atomic E-state index is 11.5. The van der Waals surface area contributed by atoms with Gasteiger partial charge < -0.3 is 20.1 Å². The Balaban J connectivity index is 0.00000420. The molecule has 0 aromatic heterocycles. The zero-order valence-corrected chi connectivity index (χ0v) is 20.2. The van der Waals surface area contributed by atoms with E-state index in [4.69, 9.17) is 9.47 Å². The van der Waals surface area contributed by atoms with Gasteiger partial charge in [-0.2, -0.15) is 0 Å². The Kier molecular flexibility index (Phi) is 10.2. The standard InChI is InChI=1S/C20H27N3O4S.HI/c1-5-21-20(22-13-15-6-9-17(10-7-15)28(4,24)25)23-14-16-8-11-18(26-2)19(12-16)27-3;/h6-12H,5,13-14H2,1-4H3,(H2,21,22,23);1H. The van der Waals surface area contributed by atoms with Gasteiger partial charge in [0.2, 0.25) is 0 Å². The van der Waals surface area contributed by atoms with Gasteiger partial charge in [-0.1, -0.05) is 18.2 Å². The van der Waals surface area contributed by atoms with Crippen LogP contribution in [0.1, 0.15) is 18.1 Å². The Morgan fingerprint density at radius 1 is 0.966 bits per heavy atom. The van der Waals surface area contributed by atoms with Gasteiger partial charge in [0.15, 0.2) is 27.3 Å². The lowest BCUT2D eigenvalue weighted by atomic mass is 10.2. The SMILES string of the molecule is CCNC(=NCc1ccc(OC)c(OC)c1)NCc1ccc(S(C)(=O)=O)cc1.I. The molecule has 2 aromatic rings. The van der Waals surface area contributed by atoms with Crippen LogP contribution in [-0.2, 0) is 22.9 Å². The van der Waals surface area contributed by atoms with Gasteiger partial charge in [-0.3, -0.25) is 0 Å². The van der Waals surface area contributed by atoms with Crippen LogP contribution in [0, 0.1) is 0 Å². The van der Waals surface area contributed by atoms with Crippen LogP contribution in [0.25, 0.3) is 0 Å². The number of aliphatic imine (C=N–C) groups is 1. The third kappa shape index (κ3) is 7.73. The summed E-state index contributed by atoms with van der Waals surface area (Å²) in [6.07, 6.45) is 1.20. The van der Waals surface area contributed by atoms with Gasteiger partial charge in [0.25, 0.3) is 0 Å². The van der Waals surface area contributed by atoms with E-state index < -0.39 is 9.84 Å². The zero-order valence-electron chi connectivity index (χ0n) is 17.1. The molecule has 0 aliphatic carbocycles. The molecule has 29 heavy (non-hydrogen) atoms. The van der Waals surface area contributed by atoms with Crippen molar-refractivity contribution in [3.63, 3.8) is 0 Å². The molecule has 2 N–H and O–H groups in total. The second-order valence-corrected chi connectivity index (χ2v) is 8.17. The van der Waals surface area contributed by atoms with Crippen molar-refractivity contribution in [3.05, 3.63) is 53.6 Å². The number of benzene rings is 2. The Morgan fingerprint density at radius 3 is 2.14 bits per heavy atom. The molecule has 0 atom stereocenters. The first kappa shape index (κ1) is 25.0. The van der Waals surface area contributed by atoms with Crippen LogP contribution in [0.15, 0.2) is 52.4 Å². The van der Waals surface area contributed by atoms with Gasteiger partial charge in [0, 0.05) is 19.3 Å². The molecule has 7 nitrogen and oxygen atoms in total. The zero-order chi connectivity index (χ0) is 20.6. The number of ether oxygens (including phenoxy) is 2. The van der Waals surface area contributed by atoms with E-state index in [-0.39, 0.29) is 24.0 Å². The largest absolute Gasteiger partial charge is 0.493 e. The topological polar surface area (TPSA) is 89.0 Å². The van der Waals surface area contributed by atoms with E-state index in [2.05, 4.69) is 15.6 Å². The van der Waals surface area contributed by atoms with Crippen molar-refractivity contribution in [1.82, 2.24) is 10.6 Å². The summed E-state index contributed by atoms with van der Waals surface area (Å²) in [4.78, 5) is 4.90. The third-order valence-electron chi connectivity index (χ3n) is 4.02. The Bertz CT molecular complexity index is 916. The summed E-state index contributed by atoms with van der Waals surface area (Å²) < 4.78 is 33.7. The Morgan fingerprint density at radius 2 is 1.59 bits per heavy atom. The van der Waals surface area contributed by atoms with E-state index in [1.54, 1.807) is 38.5 Å². The molecule has 0 fully saturated rings. The molecule has 0 spiro atoms. The molecule has 0 amide bonds. The molecule has 9 heteroatoms. The van der Waals surface area contributed by atoms with Crippen molar-refractivity contribution >= 4 is 39.8 Å². The molecule has 0 heterocycles. The summed E-state index contributed by atoms with van der Waals surface area (Å²) in [5.41, 5.74) is 1.96. The van der Waals surface area contributed by atoms with Crippen LogP contribution in [0.4, 0.5) is 0 Å². The molecule has 2 aromatic carbocycles. The number of hydrogen-bond donors (Lipinski definition) is 2. The second-order valence-electron chi connectivity index (χ2n) is 6.15. The first-order chi connectivity index (χ1) is 13.4. The van der Waals surface area contributed by atoms with E-state index in [1.165, 1.54) is 6.26 Å². The van der Waals surface area contributed by atoms with Crippen molar-refractivity contribution in [2.75, 3.05) is 27.0 Å². The van der Waals surface area contributed by atoms with Crippen LogP contribution in [0.2, 0.25) is 0 Å². The third-order valence-corrected chi connectivity index (χ3v) is 5.15. The average Bonchev–Trinajstić information content (AvgIpc) is 2.69. The van der Waals surface area contributed by atoms with Crippen LogP contribution in [0.3, 0.4) is 0 Å². The molecule has 0 aliphatic heterocycles. The van der Waals surface area contributed by atoms with Crippen molar-refractivity contribution in [2.24, 2.45) is 4.99 Å². The van der Waals surface area contributed by atoms with Gasteiger partial charge in [-0.05, 0) is 42.3 Å². The van der Waals surface area contributed by atoms with Crippen molar-refractivity contribution in [3.8, 4) is 11.5 Å². The average molecular weight is 533 g/mol. The first-order valence-electron chi connectivity index (χ1n) is 8.89. The predicted molar refractivity (Wildman–Crippen MR) is 126 cm³/mol. The van der Waals surface area contributed by atoms with Crippen LogP contribution < -0.4 is 20.1 Å². The number of rotatable bonds is 8. The molecule has 0 bridgehead atoms. The number of halogens is 1. The highest BCUT2D eigenvalue weighted by molar-refractivity contribution is 14.0. The minimum atomic E-state index is -3.19. The fraction of sp³-hybridized carbons (Fsp3) is 0.350. The molecule has 0 radical (unpaired) electrons. The monoisotopic (exact) mass is 533 g/mol. The maximum Gasteiger partial charge on any atom is 0.191 e. The van der Waals surface area contributed by atoms with E-state index in [0.29, 0.717) is 35.4 Å². The number of guanidine groups is 1.